The van der Waals surface area contributed by atoms with Crippen molar-refractivity contribution in [3.05, 3.63) is 71.5 Å². The average Bonchev–Trinajstić information content (AvgIpc) is 3.06. The molecule has 0 fully saturated rings. The third-order valence-electron chi connectivity index (χ3n) is 5.30. The summed E-state index contributed by atoms with van der Waals surface area (Å²) in [6.07, 6.45) is 2.70. The molecule has 2 aromatic carbocycles. The zero-order chi connectivity index (χ0) is 20.4. The van der Waals surface area contributed by atoms with Crippen LogP contribution in [0, 0.1) is 0 Å². The minimum Gasteiger partial charge on any atom is -0.497 e. The highest BCUT2D eigenvalue weighted by atomic mass is 16.5. The van der Waals surface area contributed by atoms with Crippen LogP contribution in [0.15, 0.2) is 54.6 Å². The normalized spacial score (nSPS) is 11.2. The molecule has 4 aromatic rings. The van der Waals surface area contributed by atoms with Crippen LogP contribution >= 0.6 is 0 Å². The molecule has 2 aromatic heterocycles. The fourth-order valence-electron chi connectivity index (χ4n) is 3.87. The number of aromatic carboxylic acids is 1. The molecule has 4 rings (SSSR count). The lowest BCUT2D eigenvalue weighted by molar-refractivity contribution is 0.0690. The largest absolute Gasteiger partial charge is 0.497 e. The Labute approximate surface area is 169 Å². The summed E-state index contributed by atoms with van der Waals surface area (Å²) in [5.74, 6) is -0.212. The fourth-order valence-corrected chi connectivity index (χ4v) is 3.87. The van der Waals surface area contributed by atoms with Crippen LogP contribution in [0.1, 0.15) is 41.5 Å². The summed E-state index contributed by atoms with van der Waals surface area (Å²) in [5.41, 5.74) is 4.09. The zero-order valence-corrected chi connectivity index (χ0v) is 16.7. The van der Waals surface area contributed by atoms with E-state index in [-0.39, 0.29) is 5.69 Å². The van der Waals surface area contributed by atoms with E-state index in [1.165, 1.54) is 0 Å². The van der Waals surface area contributed by atoms with Crippen LogP contribution in [-0.4, -0.2) is 27.7 Å². The van der Waals surface area contributed by atoms with Crippen molar-refractivity contribution >= 4 is 27.8 Å². The van der Waals surface area contributed by atoms with Gasteiger partial charge in [0.2, 0.25) is 0 Å². The van der Waals surface area contributed by atoms with Crippen LogP contribution in [-0.2, 0) is 13.0 Å². The molecular weight excluding hydrogens is 364 g/mol. The van der Waals surface area contributed by atoms with Gasteiger partial charge in [0.1, 0.15) is 11.4 Å². The lowest BCUT2D eigenvalue weighted by atomic mass is 10.1. The van der Waals surface area contributed by atoms with Gasteiger partial charge in [0.25, 0.3) is 0 Å². The van der Waals surface area contributed by atoms with E-state index in [1.54, 1.807) is 13.2 Å². The maximum absolute atomic E-state index is 11.8. The summed E-state index contributed by atoms with van der Waals surface area (Å²) in [7, 11) is 1.64. The molecule has 148 valence electrons. The van der Waals surface area contributed by atoms with Gasteiger partial charge in [-0.15, -0.1) is 0 Å². The Morgan fingerprint density at radius 2 is 1.86 bits per heavy atom. The van der Waals surface area contributed by atoms with Crippen LogP contribution in [0.25, 0.3) is 21.8 Å². The van der Waals surface area contributed by atoms with Gasteiger partial charge in [0.05, 0.1) is 18.3 Å². The minimum atomic E-state index is -1.01. The summed E-state index contributed by atoms with van der Waals surface area (Å²) in [5, 5.41) is 11.7. The number of benzene rings is 2. The number of pyridine rings is 1. The van der Waals surface area contributed by atoms with Gasteiger partial charge in [-0.25, -0.2) is 9.78 Å². The lowest BCUT2D eigenvalue weighted by Crippen LogP contribution is -2.07. The molecule has 0 atom stereocenters. The van der Waals surface area contributed by atoms with E-state index in [4.69, 9.17) is 4.74 Å². The molecule has 0 spiro atoms. The van der Waals surface area contributed by atoms with E-state index in [0.29, 0.717) is 6.42 Å². The highest BCUT2D eigenvalue weighted by Gasteiger charge is 2.19. The summed E-state index contributed by atoms with van der Waals surface area (Å²) < 4.78 is 7.54. The van der Waals surface area contributed by atoms with E-state index in [2.05, 4.69) is 28.6 Å². The summed E-state index contributed by atoms with van der Waals surface area (Å²) >= 11 is 0. The number of carbonyl (C=O) groups is 1. The van der Waals surface area contributed by atoms with Crippen molar-refractivity contribution in [3.63, 3.8) is 0 Å². The number of hydrogen-bond donors (Lipinski definition) is 1. The number of fused-ring (bicyclic) bond motifs is 3. The Kier molecular flexibility index (Phi) is 5.21. The zero-order valence-electron chi connectivity index (χ0n) is 16.7. The third kappa shape index (κ3) is 3.56. The SMILES string of the molecule is CCCCn1c2ccccc2c2cc(C(=O)O)nc(Cc3ccc(OC)cc3)c21. The Balaban J connectivity index is 1.95. The molecular formula is C24H24N2O3. The van der Waals surface area contributed by atoms with Gasteiger partial charge in [-0.2, -0.15) is 0 Å². The van der Waals surface area contributed by atoms with Gasteiger partial charge in [0.15, 0.2) is 0 Å². The minimum absolute atomic E-state index is 0.0828. The number of unbranched alkanes of at least 4 members (excludes halogenated alkanes) is 1. The second-order valence-corrected chi connectivity index (χ2v) is 7.20. The number of para-hydroxylation sites is 1. The lowest BCUT2D eigenvalue weighted by Gasteiger charge is -2.11. The van der Waals surface area contributed by atoms with Crippen molar-refractivity contribution in [1.29, 1.82) is 0 Å². The number of nitrogens with zero attached hydrogens (tertiary/aromatic N) is 2. The average molecular weight is 388 g/mol. The fraction of sp³-hybridized carbons (Fsp3) is 0.250. The van der Waals surface area contributed by atoms with E-state index >= 15 is 0 Å². The quantitative estimate of drug-likeness (QED) is 0.467. The van der Waals surface area contributed by atoms with Gasteiger partial charge in [-0.3, -0.25) is 0 Å². The second kappa shape index (κ2) is 7.95. The number of carboxylic acid groups (broad SMARTS) is 1. The van der Waals surface area contributed by atoms with Crippen molar-refractivity contribution < 1.29 is 14.6 Å². The number of methoxy groups -OCH3 is 1. The number of ether oxygens (including phenoxy) is 1. The summed E-state index contributed by atoms with van der Waals surface area (Å²) in [4.78, 5) is 16.3. The highest BCUT2D eigenvalue weighted by molar-refractivity contribution is 6.10. The predicted molar refractivity (Wildman–Crippen MR) is 115 cm³/mol. The van der Waals surface area contributed by atoms with Gasteiger partial charge >= 0.3 is 5.97 Å². The molecule has 0 aliphatic rings. The van der Waals surface area contributed by atoms with Crippen LogP contribution in [0.5, 0.6) is 5.75 Å². The maximum atomic E-state index is 11.8. The summed E-state index contributed by atoms with van der Waals surface area (Å²) in [6.45, 7) is 3.05. The Morgan fingerprint density at radius 3 is 2.55 bits per heavy atom. The molecule has 29 heavy (non-hydrogen) atoms. The topological polar surface area (TPSA) is 64.4 Å². The molecule has 5 nitrogen and oxygen atoms in total. The number of aryl methyl sites for hydroxylation is 1. The molecule has 0 aliphatic carbocycles. The first-order chi connectivity index (χ1) is 14.1. The Bertz CT molecular complexity index is 1180. The first kappa shape index (κ1) is 19.0. The molecule has 0 aliphatic heterocycles. The van der Waals surface area contributed by atoms with Crippen molar-refractivity contribution in [2.75, 3.05) is 7.11 Å². The highest BCUT2D eigenvalue weighted by Crippen LogP contribution is 2.32. The standard InChI is InChI=1S/C24H24N2O3/c1-3-4-13-26-22-8-6-5-7-18(22)19-15-21(24(27)28)25-20(23(19)26)14-16-9-11-17(29-2)12-10-16/h5-12,15H,3-4,13-14H2,1-2H3,(H,27,28). The predicted octanol–water partition coefficient (Wildman–Crippen LogP) is 5.29. The van der Waals surface area contributed by atoms with Crippen LogP contribution in [0.3, 0.4) is 0 Å². The van der Waals surface area contributed by atoms with Gasteiger partial charge in [-0.05, 0) is 36.2 Å². The first-order valence-electron chi connectivity index (χ1n) is 9.89. The van der Waals surface area contributed by atoms with Crippen molar-refractivity contribution in [3.8, 4) is 5.75 Å². The number of rotatable bonds is 7. The van der Waals surface area contributed by atoms with Crippen molar-refractivity contribution in [2.24, 2.45) is 0 Å². The smallest absolute Gasteiger partial charge is 0.354 e. The van der Waals surface area contributed by atoms with Crippen LogP contribution < -0.4 is 4.74 Å². The van der Waals surface area contributed by atoms with Crippen molar-refractivity contribution in [2.45, 2.75) is 32.7 Å². The van der Waals surface area contributed by atoms with E-state index in [0.717, 1.165) is 58.2 Å². The number of aromatic nitrogens is 2. The molecule has 0 bridgehead atoms. The van der Waals surface area contributed by atoms with Gasteiger partial charge in [0, 0.05) is 29.3 Å². The Morgan fingerprint density at radius 1 is 1.10 bits per heavy atom. The molecule has 0 saturated heterocycles. The van der Waals surface area contributed by atoms with E-state index in [1.807, 2.05) is 36.4 Å². The molecule has 2 heterocycles. The molecule has 0 unspecified atom stereocenters. The van der Waals surface area contributed by atoms with E-state index in [9.17, 15) is 9.90 Å². The Hall–Kier alpha value is -3.34. The number of carboxylic acids is 1. The number of hydrogen-bond acceptors (Lipinski definition) is 3. The van der Waals surface area contributed by atoms with E-state index < -0.39 is 5.97 Å². The van der Waals surface area contributed by atoms with Crippen LogP contribution in [0.2, 0.25) is 0 Å². The maximum Gasteiger partial charge on any atom is 0.354 e. The first-order valence-corrected chi connectivity index (χ1v) is 9.89. The second-order valence-electron chi connectivity index (χ2n) is 7.20. The monoisotopic (exact) mass is 388 g/mol. The summed E-state index contributed by atoms with van der Waals surface area (Å²) in [6, 6.07) is 17.7. The molecule has 5 heteroatoms. The van der Waals surface area contributed by atoms with Gasteiger partial charge < -0.3 is 14.4 Å². The molecule has 0 saturated carbocycles. The molecule has 1 N–H and O–H groups in total. The molecule has 0 amide bonds. The van der Waals surface area contributed by atoms with Crippen molar-refractivity contribution in [1.82, 2.24) is 9.55 Å². The van der Waals surface area contributed by atoms with Gasteiger partial charge in [-0.1, -0.05) is 43.7 Å². The van der Waals surface area contributed by atoms with Crippen LogP contribution in [0.4, 0.5) is 0 Å². The molecule has 0 radical (unpaired) electrons. The third-order valence-corrected chi connectivity index (χ3v) is 5.30.